The fraction of sp³-hybridized carbons (Fsp3) is 0.318. The summed E-state index contributed by atoms with van der Waals surface area (Å²) in [6.07, 6.45) is 17.2. The fourth-order valence-corrected chi connectivity index (χ4v) is 3.27. The Morgan fingerprint density at radius 2 is 1.94 bits per heavy atom. The van der Waals surface area contributed by atoms with Crippen LogP contribution >= 0.6 is 0 Å². The molecule has 4 rings (SSSR count). The minimum atomic E-state index is -0.457. The topological polar surface area (TPSA) is 114 Å². The molecule has 2 aromatic heterocycles. The molecule has 2 amide bonds. The lowest BCUT2D eigenvalue weighted by Gasteiger charge is -2.13. The Morgan fingerprint density at radius 1 is 1.13 bits per heavy atom. The van der Waals surface area contributed by atoms with Crippen LogP contribution in [0.25, 0.3) is 0 Å². The minimum Gasteiger partial charge on any atom is -0.354 e. The molecule has 0 aromatic carbocycles. The molecule has 0 saturated heterocycles. The van der Waals surface area contributed by atoms with E-state index >= 15 is 0 Å². The van der Waals surface area contributed by atoms with Crippen LogP contribution in [-0.4, -0.2) is 38.6 Å². The van der Waals surface area contributed by atoms with Gasteiger partial charge in [0.1, 0.15) is 5.69 Å². The van der Waals surface area contributed by atoms with Gasteiger partial charge in [-0.2, -0.15) is 5.10 Å². The Kier molecular flexibility index (Phi) is 5.92. The monoisotopic (exact) mass is 419 g/mol. The predicted octanol–water partition coefficient (Wildman–Crippen LogP) is 2.90. The Balaban J connectivity index is 1.65. The maximum absolute atomic E-state index is 13.2. The normalized spacial score (nSPS) is 15.6. The zero-order valence-corrected chi connectivity index (χ0v) is 17.6. The molecule has 31 heavy (non-hydrogen) atoms. The van der Waals surface area contributed by atoms with E-state index in [-0.39, 0.29) is 17.3 Å². The van der Waals surface area contributed by atoms with Gasteiger partial charge in [0.25, 0.3) is 11.8 Å². The molecule has 0 atom stereocenters. The third-order valence-corrected chi connectivity index (χ3v) is 5.10. The number of rotatable bonds is 6. The molecule has 1 saturated carbocycles. The number of hydrogen-bond donors (Lipinski definition) is 3. The van der Waals surface area contributed by atoms with Gasteiger partial charge in [0.05, 0.1) is 23.8 Å². The number of amides is 2. The number of nitrogens with one attached hydrogen (secondary N) is 3. The molecule has 3 N–H and O–H groups in total. The van der Waals surface area contributed by atoms with Gasteiger partial charge in [-0.15, -0.1) is 0 Å². The number of aromatic nitrogens is 4. The lowest BCUT2D eigenvalue weighted by atomic mass is 10.2. The summed E-state index contributed by atoms with van der Waals surface area (Å²) in [5.74, 6) is -0.0989. The lowest BCUT2D eigenvalue weighted by Crippen LogP contribution is -2.24. The third kappa shape index (κ3) is 4.71. The van der Waals surface area contributed by atoms with Crippen molar-refractivity contribution in [2.75, 3.05) is 17.7 Å². The van der Waals surface area contributed by atoms with Gasteiger partial charge in [0.15, 0.2) is 11.5 Å². The first-order valence-electron chi connectivity index (χ1n) is 10.3. The van der Waals surface area contributed by atoms with Crippen molar-refractivity contribution in [2.45, 2.75) is 31.6 Å². The van der Waals surface area contributed by atoms with E-state index in [1.165, 1.54) is 17.9 Å². The van der Waals surface area contributed by atoms with Crippen molar-refractivity contribution in [2.24, 2.45) is 7.05 Å². The summed E-state index contributed by atoms with van der Waals surface area (Å²) in [4.78, 5) is 34.5. The van der Waals surface area contributed by atoms with E-state index in [4.69, 9.17) is 0 Å². The second kappa shape index (κ2) is 8.95. The number of anilines is 2. The molecule has 1 fully saturated rings. The lowest BCUT2D eigenvalue weighted by molar-refractivity contribution is 0.0954. The SMILES string of the molecule is CNC(=O)c1c(NC(=O)c2nc(C3CC3)cnc2NC2=CC=CCCC=C2)cnn1C. The van der Waals surface area contributed by atoms with Crippen molar-refractivity contribution in [3.8, 4) is 0 Å². The van der Waals surface area contributed by atoms with Gasteiger partial charge in [-0.25, -0.2) is 9.97 Å². The van der Waals surface area contributed by atoms with Gasteiger partial charge < -0.3 is 16.0 Å². The van der Waals surface area contributed by atoms with Crippen molar-refractivity contribution in [1.29, 1.82) is 0 Å². The molecular weight excluding hydrogens is 394 g/mol. The number of carbonyl (C=O) groups is 2. The van der Waals surface area contributed by atoms with Crippen LogP contribution in [0.15, 0.2) is 48.5 Å². The van der Waals surface area contributed by atoms with E-state index in [1.807, 2.05) is 18.2 Å². The van der Waals surface area contributed by atoms with Crippen molar-refractivity contribution < 1.29 is 9.59 Å². The number of allylic oxidation sites excluding steroid dienone is 5. The summed E-state index contributed by atoms with van der Waals surface area (Å²) in [6, 6.07) is 0. The predicted molar refractivity (Wildman–Crippen MR) is 118 cm³/mol. The molecule has 2 aromatic rings. The minimum absolute atomic E-state index is 0.177. The van der Waals surface area contributed by atoms with Crippen LogP contribution in [0, 0.1) is 0 Å². The average molecular weight is 419 g/mol. The van der Waals surface area contributed by atoms with Crippen LogP contribution in [0.3, 0.4) is 0 Å². The molecular formula is C22H25N7O2. The second-order valence-electron chi connectivity index (χ2n) is 7.48. The summed E-state index contributed by atoms with van der Waals surface area (Å²) in [5.41, 5.74) is 2.36. The van der Waals surface area contributed by atoms with Crippen LogP contribution in [-0.2, 0) is 7.05 Å². The summed E-state index contributed by atoms with van der Waals surface area (Å²) in [7, 11) is 3.17. The Bertz CT molecular complexity index is 1090. The molecule has 9 nitrogen and oxygen atoms in total. The molecule has 2 aliphatic carbocycles. The fourth-order valence-electron chi connectivity index (χ4n) is 3.27. The Morgan fingerprint density at radius 3 is 2.71 bits per heavy atom. The van der Waals surface area contributed by atoms with E-state index in [2.05, 4.69) is 43.2 Å². The molecule has 2 heterocycles. The zero-order valence-electron chi connectivity index (χ0n) is 17.6. The number of hydrogen-bond acceptors (Lipinski definition) is 6. The third-order valence-electron chi connectivity index (χ3n) is 5.10. The molecule has 0 aliphatic heterocycles. The van der Waals surface area contributed by atoms with Gasteiger partial charge in [-0.3, -0.25) is 14.3 Å². The number of nitrogens with zero attached hydrogens (tertiary/aromatic N) is 4. The Labute approximate surface area is 180 Å². The van der Waals surface area contributed by atoms with Gasteiger partial charge in [-0.05, 0) is 37.8 Å². The molecule has 0 unspecified atom stereocenters. The average Bonchev–Trinajstić information content (AvgIpc) is 3.53. The van der Waals surface area contributed by atoms with Gasteiger partial charge in [0.2, 0.25) is 0 Å². The van der Waals surface area contributed by atoms with E-state index in [1.54, 1.807) is 13.2 Å². The van der Waals surface area contributed by atoms with Crippen LogP contribution in [0.5, 0.6) is 0 Å². The van der Waals surface area contributed by atoms with Crippen LogP contribution in [0.1, 0.15) is 58.3 Å². The smallest absolute Gasteiger partial charge is 0.278 e. The maximum atomic E-state index is 13.2. The van der Waals surface area contributed by atoms with Crippen molar-refractivity contribution >= 4 is 23.3 Å². The largest absolute Gasteiger partial charge is 0.354 e. The standard InChI is InChI=1S/C22H25N7O2/c1-23-22(31)19-17(13-25-29(19)2)28-21(30)18-20(24-12-16(27-18)14-10-11-14)26-15-8-6-4-3-5-7-9-15/h4,6-9,12-14H,3,5,10-11H2,1-2H3,(H,23,31)(H,24,26)(H,28,30). The number of carbonyl (C=O) groups excluding carboxylic acids is 2. The molecule has 0 bridgehead atoms. The highest BCUT2D eigenvalue weighted by Crippen LogP contribution is 2.39. The van der Waals surface area contributed by atoms with Crippen LogP contribution in [0.2, 0.25) is 0 Å². The highest BCUT2D eigenvalue weighted by molar-refractivity contribution is 6.09. The van der Waals surface area contributed by atoms with Gasteiger partial charge in [-0.1, -0.05) is 18.2 Å². The highest BCUT2D eigenvalue weighted by Gasteiger charge is 2.28. The second-order valence-corrected chi connectivity index (χ2v) is 7.48. The van der Waals surface area contributed by atoms with Crippen LogP contribution in [0.4, 0.5) is 11.5 Å². The van der Waals surface area contributed by atoms with E-state index < -0.39 is 5.91 Å². The van der Waals surface area contributed by atoms with E-state index in [0.717, 1.165) is 37.1 Å². The number of aryl methyl sites for hydroxylation is 1. The summed E-state index contributed by atoms with van der Waals surface area (Å²) in [6.45, 7) is 0. The van der Waals surface area contributed by atoms with E-state index in [9.17, 15) is 9.59 Å². The highest BCUT2D eigenvalue weighted by atomic mass is 16.2. The molecule has 9 heteroatoms. The molecule has 0 radical (unpaired) electrons. The molecule has 2 aliphatic rings. The first-order valence-corrected chi connectivity index (χ1v) is 10.3. The maximum Gasteiger partial charge on any atom is 0.278 e. The molecule has 0 spiro atoms. The summed E-state index contributed by atoms with van der Waals surface area (Å²) >= 11 is 0. The molecule has 160 valence electrons. The van der Waals surface area contributed by atoms with Gasteiger partial charge in [0, 0.05) is 25.7 Å². The Hall–Kier alpha value is -3.75. The van der Waals surface area contributed by atoms with E-state index in [0.29, 0.717) is 17.4 Å². The van der Waals surface area contributed by atoms with Crippen molar-refractivity contribution in [3.05, 3.63) is 65.6 Å². The van der Waals surface area contributed by atoms with Gasteiger partial charge >= 0.3 is 0 Å². The first kappa shape index (κ1) is 20.5. The van der Waals surface area contributed by atoms with Crippen LogP contribution < -0.4 is 16.0 Å². The summed E-state index contributed by atoms with van der Waals surface area (Å²) in [5, 5.41) is 12.6. The summed E-state index contributed by atoms with van der Waals surface area (Å²) < 4.78 is 1.41. The van der Waals surface area contributed by atoms with Crippen molar-refractivity contribution in [3.63, 3.8) is 0 Å². The quantitative estimate of drug-likeness (QED) is 0.663. The van der Waals surface area contributed by atoms with Crippen molar-refractivity contribution in [1.82, 2.24) is 25.1 Å². The first-order chi connectivity index (χ1) is 15.1. The zero-order chi connectivity index (χ0) is 21.8.